The first-order chi connectivity index (χ1) is 10.8. The van der Waals surface area contributed by atoms with Crippen molar-refractivity contribution in [2.75, 3.05) is 13.1 Å². The van der Waals surface area contributed by atoms with Crippen molar-refractivity contribution in [1.29, 1.82) is 0 Å². The highest BCUT2D eigenvalue weighted by Gasteiger charge is 2.57. The molecular weight excluding hydrogens is 307 g/mol. The maximum atomic E-state index is 12.8. The summed E-state index contributed by atoms with van der Waals surface area (Å²) in [5, 5.41) is 9.70. The molecule has 3 rings (SSSR count). The number of piperidine rings is 1. The number of benzene rings is 1. The van der Waals surface area contributed by atoms with Gasteiger partial charge < -0.3 is 10.0 Å². The summed E-state index contributed by atoms with van der Waals surface area (Å²) in [7, 11) is 0. The van der Waals surface area contributed by atoms with E-state index in [2.05, 4.69) is 0 Å². The molecule has 0 radical (unpaired) electrons. The third-order valence-electron chi connectivity index (χ3n) is 5.10. The van der Waals surface area contributed by atoms with Gasteiger partial charge in [-0.1, -0.05) is 30.3 Å². The zero-order valence-electron chi connectivity index (χ0n) is 12.8. The van der Waals surface area contributed by atoms with Crippen LogP contribution in [0, 0.1) is 5.41 Å². The molecule has 126 valence electrons. The lowest BCUT2D eigenvalue weighted by Crippen LogP contribution is -2.55. The topological polar surface area (TPSA) is 40.5 Å². The molecule has 1 amide bonds. The molecule has 0 spiro atoms. The first kappa shape index (κ1) is 16.3. The van der Waals surface area contributed by atoms with Gasteiger partial charge in [0.2, 0.25) is 5.91 Å². The second-order valence-corrected chi connectivity index (χ2v) is 6.76. The molecule has 1 aliphatic carbocycles. The minimum Gasteiger partial charge on any atom is -0.380 e. The molecule has 1 aliphatic heterocycles. The smallest absolute Gasteiger partial charge is 0.380 e. The Morgan fingerprint density at radius 3 is 2.13 bits per heavy atom. The maximum absolute atomic E-state index is 12.8. The van der Waals surface area contributed by atoms with E-state index in [0.29, 0.717) is 6.42 Å². The molecule has 1 saturated heterocycles. The van der Waals surface area contributed by atoms with Gasteiger partial charge in [-0.25, -0.2) is 0 Å². The second kappa shape index (κ2) is 5.51. The van der Waals surface area contributed by atoms with Gasteiger partial charge in [0.05, 0.1) is 5.41 Å². The fourth-order valence-electron chi connectivity index (χ4n) is 3.30. The zero-order valence-corrected chi connectivity index (χ0v) is 12.8. The molecule has 2 aliphatic rings. The maximum Gasteiger partial charge on any atom is 0.417 e. The number of amides is 1. The summed E-state index contributed by atoms with van der Waals surface area (Å²) in [6.45, 7) is -0.0727. The van der Waals surface area contributed by atoms with Crippen LogP contribution >= 0.6 is 0 Å². The van der Waals surface area contributed by atoms with Crippen LogP contribution in [0.1, 0.15) is 31.2 Å². The largest absolute Gasteiger partial charge is 0.417 e. The van der Waals surface area contributed by atoms with Gasteiger partial charge in [-0.3, -0.25) is 4.79 Å². The van der Waals surface area contributed by atoms with Crippen LogP contribution < -0.4 is 0 Å². The van der Waals surface area contributed by atoms with Crippen molar-refractivity contribution in [2.45, 2.75) is 43.9 Å². The van der Waals surface area contributed by atoms with Gasteiger partial charge in [-0.05, 0) is 24.8 Å². The summed E-state index contributed by atoms with van der Waals surface area (Å²) >= 11 is 0. The highest BCUT2D eigenvalue weighted by molar-refractivity contribution is 5.85. The summed E-state index contributed by atoms with van der Waals surface area (Å²) in [4.78, 5) is 14.2. The molecule has 0 unspecified atom stereocenters. The third-order valence-corrected chi connectivity index (χ3v) is 5.10. The molecule has 1 N–H and O–H groups in total. The Kier molecular flexibility index (Phi) is 3.91. The van der Waals surface area contributed by atoms with Crippen molar-refractivity contribution < 1.29 is 23.1 Å². The van der Waals surface area contributed by atoms with Gasteiger partial charge in [0.1, 0.15) is 0 Å². The van der Waals surface area contributed by atoms with Gasteiger partial charge in [0, 0.05) is 25.9 Å². The van der Waals surface area contributed by atoms with Crippen LogP contribution in [0.2, 0.25) is 0 Å². The van der Waals surface area contributed by atoms with Crippen LogP contribution in [-0.2, 0) is 11.2 Å². The molecule has 1 aromatic carbocycles. The number of halogens is 3. The monoisotopic (exact) mass is 327 g/mol. The Bertz CT molecular complexity index is 573. The highest BCUT2D eigenvalue weighted by Crippen LogP contribution is 2.50. The summed E-state index contributed by atoms with van der Waals surface area (Å²) in [5.41, 5.74) is -2.03. The molecule has 6 heteroatoms. The average molecular weight is 327 g/mol. The van der Waals surface area contributed by atoms with Crippen LogP contribution in [0.3, 0.4) is 0 Å². The molecule has 1 aromatic rings. The molecule has 1 saturated carbocycles. The lowest BCUT2D eigenvalue weighted by Gasteiger charge is -2.40. The SMILES string of the molecule is O=C(N1CCC(O)(C(F)(F)F)CC1)C1(Cc2ccccc2)CC1. The van der Waals surface area contributed by atoms with Gasteiger partial charge in [-0.2, -0.15) is 13.2 Å². The van der Waals surface area contributed by atoms with E-state index in [0.717, 1.165) is 18.4 Å². The summed E-state index contributed by atoms with van der Waals surface area (Å²) in [6.07, 6.45) is -3.33. The van der Waals surface area contributed by atoms with Gasteiger partial charge in [0.25, 0.3) is 0 Å². The fraction of sp³-hybridized carbons (Fsp3) is 0.588. The Morgan fingerprint density at radius 1 is 1.09 bits per heavy atom. The molecule has 0 bridgehead atoms. The van der Waals surface area contributed by atoms with Crippen LogP contribution in [0.5, 0.6) is 0 Å². The van der Waals surface area contributed by atoms with E-state index in [4.69, 9.17) is 0 Å². The fourth-order valence-corrected chi connectivity index (χ4v) is 3.30. The van der Waals surface area contributed by atoms with Crippen LogP contribution in [0.4, 0.5) is 13.2 Å². The number of aliphatic hydroxyl groups is 1. The quantitative estimate of drug-likeness (QED) is 0.927. The lowest BCUT2D eigenvalue weighted by molar-refractivity contribution is -0.272. The molecule has 0 aromatic heterocycles. The number of nitrogens with zero attached hydrogens (tertiary/aromatic N) is 1. The average Bonchev–Trinajstić information content (AvgIpc) is 3.28. The molecule has 3 nitrogen and oxygen atoms in total. The highest BCUT2D eigenvalue weighted by atomic mass is 19.4. The molecule has 2 fully saturated rings. The van der Waals surface area contributed by atoms with Crippen LogP contribution in [0.25, 0.3) is 0 Å². The van der Waals surface area contributed by atoms with E-state index < -0.39 is 30.0 Å². The van der Waals surface area contributed by atoms with E-state index in [9.17, 15) is 23.1 Å². The second-order valence-electron chi connectivity index (χ2n) is 6.76. The molecule has 23 heavy (non-hydrogen) atoms. The molecule has 1 heterocycles. The van der Waals surface area contributed by atoms with E-state index >= 15 is 0 Å². The number of hydrogen-bond acceptors (Lipinski definition) is 2. The van der Waals surface area contributed by atoms with Crippen molar-refractivity contribution in [2.24, 2.45) is 5.41 Å². The summed E-state index contributed by atoms with van der Waals surface area (Å²) < 4.78 is 38.5. The normalized spacial score (nSPS) is 22.7. The Hall–Kier alpha value is -1.56. The van der Waals surface area contributed by atoms with E-state index in [1.54, 1.807) is 0 Å². The van der Waals surface area contributed by atoms with E-state index in [1.807, 2.05) is 30.3 Å². The minimum absolute atomic E-state index is 0.0363. The number of carbonyl (C=O) groups excluding carboxylic acids is 1. The number of hydrogen-bond donors (Lipinski definition) is 1. The Morgan fingerprint density at radius 2 is 1.65 bits per heavy atom. The predicted molar refractivity (Wildman–Crippen MR) is 78.6 cm³/mol. The lowest BCUT2D eigenvalue weighted by atomic mass is 9.88. The third kappa shape index (κ3) is 3.09. The van der Waals surface area contributed by atoms with Crippen molar-refractivity contribution >= 4 is 5.91 Å². The van der Waals surface area contributed by atoms with E-state index in [-0.39, 0.29) is 19.0 Å². The summed E-state index contributed by atoms with van der Waals surface area (Å²) in [5.74, 6) is -0.0643. The number of likely N-dealkylation sites (tertiary alicyclic amines) is 1. The van der Waals surface area contributed by atoms with Crippen molar-refractivity contribution in [3.63, 3.8) is 0 Å². The zero-order chi connectivity index (χ0) is 16.7. The van der Waals surface area contributed by atoms with Gasteiger partial charge >= 0.3 is 6.18 Å². The number of alkyl halides is 3. The van der Waals surface area contributed by atoms with Crippen molar-refractivity contribution in [3.8, 4) is 0 Å². The first-order valence-electron chi connectivity index (χ1n) is 7.88. The Balaban J connectivity index is 1.64. The first-order valence-corrected chi connectivity index (χ1v) is 7.88. The van der Waals surface area contributed by atoms with Crippen LogP contribution in [-0.4, -0.2) is 40.8 Å². The predicted octanol–water partition coefficient (Wildman–Crippen LogP) is 2.93. The summed E-state index contributed by atoms with van der Waals surface area (Å²) in [6, 6.07) is 9.67. The van der Waals surface area contributed by atoms with Crippen molar-refractivity contribution in [1.82, 2.24) is 4.90 Å². The van der Waals surface area contributed by atoms with Crippen molar-refractivity contribution in [3.05, 3.63) is 35.9 Å². The standard InChI is InChI=1S/C17H20F3NO2/c18-17(19,20)16(23)8-10-21(11-9-16)14(22)15(6-7-15)12-13-4-2-1-3-5-13/h1-5,23H,6-12H2. The minimum atomic E-state index is -4.64. The molecule has 0 atom stereocenters. The van der Waals surface area contributed by atoms with Gasteiger partial charge in [-0.15, -0.1) is 0 Å². The van der Waals surface area contributed by atoms with Crippen LogP contribution in [0.15, 0.2) is 30.3 Å². The van der Waals surface area contributed by atoms with Gasteiger partial charge in [0.15, 0.2) is 5.60 Å². The number of carbonyl (C=O) groups is 1. The number of rotatable bonds is 3. The Labute approximate surface area is 133 Å². The molecular formula is C17H20F3NO2. The van der Waals surface area contributed by atoms with E-state index in [1.165, 1.54) is 4.90 Å².